The number of rotatable bonds is 3. The number of ether oxygens (including phenoxy) is 1. The summed E-state index contributed by atoms with van der Waals surface area (Å²) in [4.78, 5) is 17.1. The highest BCUT2D eigenvalue weighted by Crippen LogP contribution is 2.32. The summed E-state index contributed by atoms with van der Waals surface area (Å²) >= 11 is 1.76. The van der Waals surface area contributed by atoms with Crippen molar-refractivity contribution in [1.29, 1.82) is 0 Å². The summed E-state index contributed by atoms with van der Waals surface area (Å²) in [5.41, 5.74) is 1.03. The van der Waals surface area contributed by atoms with Crippen LogP contribution in [0.3, 0.4) is 0 Å². The quantitative estimate of drug-likeness (QED) is 0.804. The third-order valence-corrected chi connectivity index (χ3v) is 5.07. The van der Waals surface area contributed by atoms with Gasteiger partial charge in [-0.05, 0) is 43.3 Å². The largest absolute Gasteiger partial charge is 0.440 e. The van der Waals surface area contributed by atoms with E-state index in [1.54, 1.807) is 16.7 Å². The number of amides is 1. The lowest BCUT2D eigenvalue weighted by molar-refractivity contribution is -0.0113. The smallest absolute Gasteiger partial charge is 0.410 e. The number of hydrogen-bond donors (Lipinski definition) is 0. The van der Waals surface area contributed by atoms with Crippen LogP contribution in [0.1, 0.15) is 18.4 Å². The fraction of sp³-hybridized carbons (Fsp3) is 0.562. The number of likely N-dealkylation sites (N-methyl/N-ethyl adjacent to an activating group) is 1. The molecule has 0 bridgehead atoms. The lowest BCUT2D eigenvalue weighted by atomic mass is 9.92. The Morgan fingerprint density at radius 1 is 1.29 bits per heavy atom. The van der Waals surface area contributed by atoms with Gasteiger partial charge in [0.15, 0.2) is 0 Å². The first kappa shape index (κ1) is 14.7. The first-order chi connectivity index (χ1) is 10.1. The molecule has 1 amide bonds. The van der Waals surface area contributed by atoms with Gasteiger partial charge in [-0.3, -0.25) is 4.90 Å². The van der Waals surface area contributed by atoms with Crippen LogP contribution >= 0.6 is 11.8 Å². The van der Waals surface area contributed by atoms with Crippen molar-refractivity contribution in [2.45, 2.75) is 29.9 Å². The zero-order chi connectivity index (χ0) is 14.9. The first-order valence-corrected chi connectivity index (χ1v) is 8.62. The van der Waals surface area contributed by atoms with Gasteiger partial charge in [-0.25, -0.2) is 4.79 Å². The zero-order valence-corrected chi connectivity index (χ0v) is 13.5. The molecule has 1 aromatic carbocycles. The van der Waals surface area contributed by atoms with Crippen molar-refractivity contribution in [2.24, 2.45) is 0 Å². The van der Waals surface area contributed by atoms with E-state index in [0.717, 1.165) is 32.5 Å². The van der Waals surface area contributed by atoms with Crippen LogP contribution in [-0.2, 0) is 11.3 Å². The van der Waals surface area contributed by atoms with E-state index in [0.29, 0.717) is 6.54 Å². The van der Waals surface area contributed by atoms with E-state index in [2.05, 4.69) is 35.4 Å². The molecule has 0 N–H and O–H groups in total. The topological polar surface area (TPSA) is 32.8 Å². The number of carbonyl (C=O) groups is 1. The second-order valence-corrected chi connectivity index (χ2v) is 6.95. The van der Waals surface area contributed by atoms with Gasteiger partial charge >= 0.3 is 6.09 Å². The SMILES string of the molecule is CSc1ccc(CN2CCCC3(C2)CN(C)C(=O)O3)cc1. The van der Waals surface area contributed by atoms with Crippen molar-refractivity contribution in [2.75, 3.05) is 32.9 Å². The van der Waals surface area contributed by atoms with Gasteiger partial charge in [-0.15, -0.1) is 11.8 Å². The molecule has 1 spiro atoms. The second-order valence-electron chi connectivity index (χ2n) is 6.07. The minimum atomic E-state index is -0.288. The summed E-state index contributed by atoms with van der Waals surface area (Å²) in [7, 11) is 1.82. The van der Waals surface area contributed by atoms with Crippen molar-refractivity contribution in [3.8, 4) is 0 Å². The maximum atomic E-state index is 11.7. The van der Waals surface area contributed by atoms with Crippen molar-refractivity contribution >= 4 is 17.9 Å². The third kappa shape index (κ3) is 3.19. The van der Waals surface area contributed by atoms with E-state index in [-0.39, 0.29) is 11.7 Å². The van der Waals surface area contributed by atoms with Gasteiger partial charge in [0.2, 0.25) is 0 Å². The minimum absolute atomic E-state index is 0.179. The predicted octanol–water partition coefficient (Wildman–Crippen LogP) is 2.83. The molecule has 1 atom stereocenters. The molecule has 2 aliphatic rings. The van der Waals surface area contributed by atoms with E-state index >= 15 is 0 Å². The van der Waals surface area contributed by atoms with E-state index in [1.165, 1.54) is 10.5 Å². The van der Waals surface area contributed by atoms with Gasteiger partial charge in [0.25, 0.3) is 0 Å². The molecule has 2 saturated heterocycles. The lowest BCUT2D eigenvalue weighted by Crippen LogP contribution is -2.50. The maximum Gasteiger partial charge on any atom is 0.410 e. The van der Waals surface area contributed by atoms with Gasteiger partial charge in [0.1, 0.15) is 5.60 Å². The van der Waals surface area contributed by atoms with E-state index < -0.39 is 0 Å². The molecule has 0 radical (unpaired) electrons. The molecule has 1 aromatic rings. The molecule has 3 rings (SSSR count). The number of benzene rings is 1. The molecular formula is C16H22N2O2S. The Hall–Kier alpha value is -1.20. The first-order valence-electron chi connectivity index (χ1n) is 7.40. The third-order valence-electron chi connectivity index (χ3n) is 4.32. The van der Waals surface area contributed by atoms with Gasteiger partial charge < -0.3 is 9.64 Å². The molecule has 0 aromatic heterocycles. The molecule has 2 fully saturated rings. The molecule has 1 unspecified atom stereocenters. The van der Waals surface area contributed by atoms with Gasteiger partial charge in [-0.1, -0.05) is 12.1 Å². The Bertz CT molecular complexity index is 520. The molecule has 21 heavy (non-hydrogen) atoms. The number of likely N-dealkylation sites (tertiary alicyclic amines) is 1. The summed E-state index contributed by atoms with van der Waals surface area (Å²) in [5, 5.41) is 0. The highest BCUT2D eigenvalue weighted by molar-refractivity contribution is 7.98. The normalized spacial score (nSPS) is 26.4. The highest BCUT2D eigenvalue weighted by atomic mass is 32.2. The maximum absolute atomic E-state index is 11.7. The number of thioether (sulfide) groups is 1. The minimum Gasteiger partial charge on any atom is -0.440 e. The zero-order valence-electron chi connectivity index (χ0n) is 12.7. The molecule has 0 saturated carbocycles. The Balaban J connectivity index is 1.65. The highest BCUT2D eigenvalue weighted by Gasteiger charge is 2.46. The fourth-order valence-electron chi connectivity index (χ4n) is 3.32. The summed E-state index contributed by atoms with van der Waals surface area (Å²) < 4.78 is 5.65. The van der Waals surface area contributed by atoms with E-state index in [9.17, 15) is 4.79 Å². The monoisotopic (exact) mass is 306 g/mol. The van der Waals surface area contributed by atoms with E-state index in [1.807, 2.05) is 7.05 Å². The Morgan fingerprint density at radius 3 is 2.67 bits per heavy atom. The Morgan fingerprint density at radius 2 is 2.05 bits per heavy atom. The molecule has 2 heterocycles. The van der Waals surface area contributed by atoms with Crippen LogP contribution in [0.25, 0.3) is 0 Å². The summed E-state index contributed by atoms with van der Waals surface area (Å²) in [5.74, 6) is 0. The summed E-state index contributed by atoms with van der Waals surface area (Å²) in [6.07, 6.45) is 3.98. The van der Waals surface area contributed by atoms with Crippen LogP contribution in [0.2, 0.25) is 0 Å². The molecule has 5 heteroatoms. The average Bonchev–Trinajstić information content (AvgIpc) is 2.74. The van der Waals surface area contributed by atoms with Gasteiger partial charge in [0, 0.05) is 25.0 Å². The van der Waals surface area contributed by atoms with Crippen LogP contribution < -0.4 is 0 Å². The standard InChI is InChI=1S/C16H22N2O2S/c1-17-11-16(20-15(17)19)8-3-9-18(12-16)10-13-4-6-14(21-2)7-5-13/h4-7H,3,8-12H2,1-2H3. The van der Waals surface area contributed by atoms with Crippen molar-refractivity contribution in [1.82, 2.24) is 9.80 Å². The number of hydrogen-bond acceptors (Lipinski definition) is 4. The predicted molar refractivity (Wildman–Crippen MR) is 84.6 cm³/mol. The van der Waals surface area contributed by atoms with Gasteiger partial charge in [0.05, 0.1) is 6.54 Å². The van der Waals surface area contributed by atoms with Crippen LogP contribution in [0.15, 0.2) is 29.2 Å². The summed E-state index contributed by atoms with van der Waals surface area (Å²) in [6.45, 7) is 3.56. The molecule has 4 nitrogen and oxygen atoms in total. The van der Waals surface area contributed by atoms with Crippen molar-refractivity contribution in [3.05, 3.63) is 29.8 Å². The molecule has 114 valence electrons. The molecule has 2 aliphatic heterocycles. The van der Waals surface area contributed by atoms with Crippen molar-refractivity contribution in [3.63, 3.8) is 0 Å². The average molecular weight is 306 g/mol. The lowest BCUT2D eigenvalue weighted by Gasteiger charge is -2.38. The Labute approximate surface area is 130 Å². The summed E-state index contributed by atoms with van der Waals surface area (Å²) in [6, 6.07) is 8.73. The second kappa shape index (κ2) is 5.89. The van der Waals surface area contributed by atoms with Crippen LogP contribution in [0.4, 0.5) is 4.79 Å². The van der Waals surface area contributed by atoms with E-state index in [4.69, 9.17) is 4.74 Å². The number of nitrogens with zero attached hydrogens (tertiary/aromatic N) is 2. The van der Waals surface area contributed by atoms with Crippen LogP contribution in [-0.4, -0.2) is 54.4 Å². The molecule has 0 aliphatic carbocycles. The van der Waals surface area contributed by atoms with Crippen LogP contribution in [0, 0.1) is 0 Å². The fourth-order valence-corrected chi connectivity index (χ4v) is 3.73. The Kier molecular flexibility index (Phi) is 4.13. The van der Waals surface area contributed by atoms with Crippen LogP contribution in [0.5, 0.6) is 0 Å². The van der Waals surface area contributed by atoms with Crippen molar-refractivity contribution < 1.29 is 9.53 Å². The van der Waals surface area contributed by atoms with Gasteiger partial charge in [-0.2, -0.15) is 0 Å². The number of carbonyl (C=O) groups excluding carboxylic acids is 1. The number of piperidine rings is 1. The molecular weight excluding hydrogens is 284 g/mol.